The number of aryl methyl sites for hydroxylation is 2. The van der Waals surface area contributed by atoms with Crippen LogP contribution in [0.2, 0.25) is 0 Å². The van der Waals surface area contributed by atoms with Crippen LogP contribution in [0, 0.1) is 0 Å². The summed E-state index contributed by atoms with van der Waals surface area (Å²) < 4.78 is 2.33. The molecule has 0 saturated heterocycles. The summed E-state index contributed by atoms with van der Waals surface area (Å²) in [5.41, 5.74) is 10.0. The van der Waals surface area contributed by atoms with Crippen molar-refractivity contribution >= 4 is 33.5 Å². The molecule has 0 aliphatic rings. The van der Waals surface area contributed by atoms with Crippen LogP contribution in [0.15, 0.2) is 29.4 Å². The minimum Gasteiger partial charge on any atom is -0.396 e. The van der Waals surface area contributed by atoms with E-state index in [0.717, 1.165) is 72.1 Å². The Bertz CT molecular complexity index is 941. The molecule has 0 bridgehead atoms. The number of aromatic nitrogens is 3. The number of nitrogen functional groups attached to an aromatic ring is 1. The molecule has 6 heteroatoms. The van der Waals surface area contributed by atoms with Crippen LogP contribution in [0.5, 0.6) is 0 Å². The molecular formula is C21H29N5O. The number of imidazole rings is 1. The molecule has 2 N–H and O–H groups in total. The van der Waals surface area contributed by atoms with Crippen LogP contribution in [0.4, 0.5) is 5.82 Å². The second-order valence-electron chi connectivity index (χ2n) is 7.07. The van der Waals surface area contributed by atoms with E-state index in [1.165, 1.54) is 0 Å². The summed E-state index contributed by atoms with van der Waals surface area (Å²) in [6, 6.07) is 8.15. The Kier molecular flexibility index (Phi) is 6.27. The Morgan fingerprint density at radius 1 is 1.15 bits per heavy atom. The predicted octanol–water partition coefficient (Wildman–Crippen LogP) is 4.70. The van der Waals surface area contributed by atoms with Crippen molar-refractivity contribution in [1.29, 1.82) is 0 Å². The van der Waals surface area contributed by atoms with Gasteiger partial charge in [-0.25, -0.2) is 9.97 Å². The highest BCUT2D eigenvalue weighted by Crippen LogP contribution is 2.29. The van der Waals surface area contributed by atoms with E-state index in [9.17, 15) is 0 Å². The zero-order valence-corrected chi connectivity index (χ0v) is 16.5. The van der Waals surface area contributed by atoms with Gasteiger partial charge in [-0.1, -0.05) is 36.7 Å². The molecule has 0 saturated carbocycles. The van der Waals surface area contributed by atoms with Gasteiger partial charge in [-0.2, -0.15) is 0 Å². The number of rotatable bonds is 9. The van der Waals surface area contributed by atoms with Crippen LogP contribution in [-0.2, 0) is 17.8 Å². The van der Waals surface area contributed by atoms with Crippen LogP contribution in [-0.4, -0.2) is 26.9 Å². The third-order valence-electron chi connectivity index (χ3n) is 4.56. The average Bonchev–Trinajstić information content (AvgIpc) is 3.02. The first kappa shape index (κ1) is 19.1. The molecule has 0 aliphatic carbocycles. The van der Waals surface area contributed by atoms with Gasteiger partial charge in [0.05, 0.1) is 16.7 Å². The molecule has 1 aromatic carbocycles. The largest absolute Gasteiger partial charge is 0.396 e. The summed E-state index contributed by atoms with van der Waals surface area (Å²) in [6.45, 7) is 7.59. The molecule has 0 radical (unpaired) electrons. The average molecular weight is 367 g/mol. The fourth-order valence-corrected chi connectivity index (χ4v) is 3.28. The van der Waals surface area contributed by atoms with Crippen molar-refractivity contribution in [3.05, 3.63) is 30.1 Å². The first-order chi connectivity index (χ1) is 13.1. The first-order valence-corrected chi connectivity index (χ1v) is 9.78. The Morgan fingerprint density at radius 2 is 1.96 bits per heavy atom. The van der Waals surface area contributed by atoms with E-state index >= 15 is 0 Å². The molecule has 2 aromatic heterocycles. The van der Waals surface area contributed by atoms with E-state index in [1.807, 2.05) is 32.0 Å². The number of pyridine rings is 1. The van der Waals surface area contributed by atoms with Crippen LogP contribution in [0.1, 0.15) is 52.3 Å². The molecule has 0 amide bonds. The molecule has 0 unspecified atom stereocenters. The van der Waals surface area contributed by atoms with Gasteiger partial charge in [0.2, 0.25) is 0 Å². The lowest BCUT2D eigenvalue weighted by atomic mass is 10.2. The van der Waals surface area contributed by atoms with Gasteiger partial charge in [-0.15, -0.1) is 0 Å². The Balaban J connectivity index is 1.91. The van der Waals surface area contributed by atoms with Crippen molar-refractivity contribution in [2.75, 3.05) is 12.3 Å². The Labute approximate surface area is 160 Å². The highest BCUT2D eigenvalue weighted by molar-refractivity contribution is 6.06. The number of nitrogens with two attached hydrogens (primary N) is 1. The van der Waals surface area contributed by atoms with E-state index in [1.54, 1.807) is 0 Å². The zero-order valence-electron chi connectivity index (χ0n) is 16.5. The third kappa shape index (κ3) is 4.38. The number of hydrogen-bond donors (Lipinski definition) is 1. The molecule has 0 atom stereocenters. The van der Waals surface area contributed by atoms with Gasteiger partial charge in [0.25, 0.3) is 0 Å². The Morgan fingerprint density at radius 3 is 2.74 bits per heavy atom. The summed E-state index contributed by atoms with van der Waals surface area (Å²) in [5, 5.41) is 5.10. The van der Waals surface area contributed by atoms with Gasteiger partial charge >= 0.3 is 0 Å². The molecule has 3 aromatic rings. The van der Waals surface area contributed by atoms with Crippen LogP contribution in [0.3, 0.4) is 0 Å². The number of anilines is 1. The zero-order chi connectivity index (χ0) is 19.2. The van der Waals surface area contributed by atoms with E-state index < -0.39 is 0 Å². The third-order valence-corrected chi connectivity index (χ3v) is 4.56. The van der Waals surface area contributed by atoms with E-state index in [4.69, 9.17) is 15.6 Å². The molecule has 144 valence electrons. The smallest absolute Gasteiger partial charge is 0.152 e. The summed E-state index contributed by atoms with van der Waals surface area (Å²) in [7, 11) is 0. The molecular weight excluding hydrogens is 338 g/mol. The highest BCUT2D eigenvalue weighted by Gasteiger charge is 2.16. The van der Waals surface area contributed by atoms with Crippen molar-refractivity contribution < 1.29 is 4.84 Å². The number of oxime groups is 1. The van der Waals surface area contributed by atoms with Crippen LogP contribution < -0.4 is 5.73 Å². The quantitative estimate of drug-likeness (QED) is 0.338. The second kappa shape index (κ2) is 8.84. The van der Waals surface area contributed by atoms with Crippen molar-refractivity contribution in [3.8, 4) is 0 Å². The number of fused-ring (bicyclic) bond motifs is 3. The Hall–Kier alpha value is -2.63. The van der Waals surface area contributed by atoms with E-state index in [0.29, 0.717) is 12.4 Å². The summed E-state index contributed by atoms with van der Waals surface area (Å²) in [5.74, 6) is 1.61. The van der Waals surface area contributed by atoms with Crippen LogP contribution in [0.25, 0.3) is 21.9 Å². The number of nitrogens with zero attached hydrogens (tertiary/aromatic N) is 4. The van der Waals surface area contributed by atoms with Crippen molar-refractivity contribution in [3.63, 3.8) is 0 Å². The van der Waals surface area contributed by atoms with E-state index in [-0.39, 0.29) is 0 Å². The maximum Gasteiger partial charge on any atom is 0.152 e. The number of unbranched alkanes of at least 4 members (excludes halogenated alkanes) is 2. The highest BCUT2D eigenvalue weighted by atomic mass is 16.6. The number of hydrogen-bond acceptors (Lipinski definition) is 5. The van der Waals surface area contributed by atoms with Crippen molar-refractivity contribution in [1.82, 2.24) is 14.5 Å². The fraction of sp³-hybridized carbons (Fsp3) is 0.476. The molecule has 3 rings (SSSR count). The molecule has 0 fully saturated rings. The SMILES string of the molecule is CCCCc1nc2c(N)nc3ccccc3c2n1CCCCON=C(C)C. The molecule has 6 nitrogen and oxygen atoms in total. The minimum atomic E-state index is 0.510. The van der Waals surface area contributed by atoms with Gasteiger partial charge in [0.1, 0.15) is 17.9 Å². The van der Waals surface area contributed by atoms with E-state index in [2.05, 4.69) is 27.7 Å². The number of benzene rings is 1. The lowest BCUT2D eigenvalue weighted by Gasteiger charge is -2.11. The van der Waals surface area contributed by atoms with Crippen molar-refractivity contribution in [2.45, 2.75) is 59.4 Å². The van der Waals surface area contributed by atoms with Gasteiger partial charge in [0.15, 0.2) is 5.82 Å². The molecule has 0 aliphatic heterocycles. The normalized spacial score (nSPS) is 11.2. The van der Waals surface area contributed by atoms with Gasteiger partial charge < -0.3 is 15.1 Å². The number of para-hydroxylation sites is 1. The standard InChI is InChI=1S/C21H29N5O/c1-4-5-12-18-24-19-20(16-10-6-7-11-17(16)23-21(19)22)26(18)13-8-9-14-27-25-15(2)3/h6-7,10-11H,4-5,8-9,12-14H2,1-3H3,(H2,22,23). The fourth-order valence-electron chi connectivity index (χ4n) is 3.28. The molecule has 27 heavy (non-hydrogen) atoms. The summed E-state index contributed by atoms with van der Waals surface area (Å²) >= 11 is 0. The second-order valence-corrected chi connectivity index (χ2v) is 7.07. The van der Waals surface area contributed by atoms with Gasteiger partial charge in [-0.05, 0) is 39.2 Å². The predicted molar refractivity (Wildman–Crippen MR) is 112 cm³/mol. The van der Waals surface area contributed by atoms with Gasteiger partial charge in [0, 0.05) is 18.4 Å². The summed E-state index contributed by atoms with van der Waals surface area (Å²) in [6.07, 6.45) is 5.15. The first-order valence-electron chi connectivity index (χ1n) is 9.78. The van der Waals surface area contributed by atoms with Crippen molar-refractivity contribution in [2.24, 2.45) is 5.16 Å². The maximum atomic E-state index is 6.23. The van der Waals surface area contributed by atoms with Crippen LogP contribution >= 0.6 is 0 Å². The lowest BCUT2D eigenvalue weighted by molar-refractivity contribution is 0.139. The monoisotopic (exact) mass is 367 g/mol. The molecule has 2 heterocycles. The summed E-state index contributed by atoms with van der Waals surface area (Å²) in [4.78, 5) is 14.7. The van der Waals surface area contributed by atoms with Gasteiger partial charge in [-0.3, -0.25) is 0 Å². The topological polar surface area (TPSA) is 78.3 Å². The lowest BCUT2D eigenvalue weighted by Crippen LogP contribution is -2.06. The minimum absolute atomic E-state index is 0.510. The maximum absolute atomic E-state index is 6.23. The molecule has 0 spiro atoms.